The number of pyridine rings is 1. The van der Waals surface area contributed by atoms with Crippen molar-refractivity contribution in [3.05, 3.63) is 30.1 Å². The fraction of sp³-hybridized carbons (Fsp3) is 0.529. The van der Waals surface area contributed by atoms with Crippen LogP contribution in [0.4, 0.5) is 19.0 Å². The standard InChI is InChI=1S/C17H22F3N3O/c1-11(17(18,19)20)9-14(24)22-15-12(10-16(2,3)4)23-8-6-5-7-13(23)21-15/h5-8,11H,9-10H2,1-4H3,(H,22,24). The molecule has 1 amide bonds. The van der Waals surface area contributed by atoms with E-state index >= 15 is 0 Å². The van der Waals surface area contributed by atoms with Crippen LogP contribution in [0.3, 0.4) is 0 Å². The number of nitrogens with zero attached hydrogens (tertiary/aromatic N) is 2. The van der Waals surface area contributed by atoms with Gasteiger partial charge in [0.2, 0.25) is 5.91 Å². The number of carbonyl (C=O) groups excluding carboxylic acids is 1. The zero-order valence-electron chi connectivity index (χ0n) is 14.2. The first-order chi connectivity index (χ1) is 11.0. The van der Waals surface area contributed by atoms with Crippen molar-refractivity contribution in [3.63, 3.8) is 0 Å². The van der Waals surface area contributed by atoms with E-state index in [0.29, 0.717) is 17.9 Å². The Balaban J connectivity index is 2.28. The van der Waals surface area contributed by atoms with E-state index in [1.165, 1.54) is 0 Å². The number of aromatic nitrogens is 2. The number of alkyl halides is 3. The number of hydrogen-bond donors (Lipinski definition) is 1. The summed E-state index contributed by atoms with van der Waals surface area (Å²) in [5, 5.41) is 2.55. The largest absolute Gasteiger partial charge is 0.392 e. The minimum Gasteiger partial charge on any atom is -0.309 e. The molecule has 0 radical (unpaired) electrons. The van der Waals surface area contributed by atoms with Gasteiger partial charge in [0, 0.05) is 12.6 Å². The Morgan fingerprint density at radius 3 is 2.54 bits per heavy atom. The van der Waals surface area contributed by atoms with Crippen molar-refractivity contribution in [1.29, 1.82) is 0 Å². The van der Waals surface area contributed by atoms with Gasteiger partial charge in [-0.2, -0.15) is 13.2 Å². The van der Waals surface area contributed by atoms with Crippen molar-refractivity contribution in [2.45, 2.75) is 46.7 Å². The molecule has 24 heavy (non-hydrogen) atoms. The maximum atomic E-state index is 12.6. The summed E-state index contributed by atoms with van der Waals surface area (Å²) in [5.41, 5.74) is 1.37. The predicted molar refractivity (Wildman–Crippen MR) is 86.8 cm³/mol. The highest BCUT2D eigenvalue weighted by atomic mass is 19.4. The molecule has 0 aliphatic rings. The van der Waals surface area contributed by atoms with Gasteiger partial charge in [-0.1, -0.05) is 33.8 Å². The summed E-state index contributed by atoms with van der Waals surface area (Å²) < 4.78 is 39.7. The van der Waals surface area contributed by atoms with Crippen LogP contribution < -0.4 is 5.32 Å². The number of fused-ring (bicyclic) bond motifs is 1. The van der Waals surface area contributed by atoms with Crippen molar-refractivity contribution in [1.82, 2.24) is 9.38 Å². The van der Waals surface area contributed by atoms with Crippen molar-refractivity contribution in [2.75, 3.05) is 5.32 Å². The highest BCUT2D eigenvalue weighted by molar-refractivity contribution is 5.91. The Bertz CT molecular complexity index is 729. The third-order valence-electron chi connectivity index (χ3n) is 3.63. The van der Waals surface area contributed by atoms with Crippen LogP contribution in [0.15, 0.2) is 24.4 Å². The highest BCUT2D eigenvalue weighted by Gasteiger charge is 2.37. The second-order valence-corrected chi connectivity index (χ2v) is 7.27. The van der Waals surface area contributed by atoms with Gasteiger partial charge in [-0.15, -0.1) is 0 Å². The summed E-state index contributed by atoms with van der Waals surface area (Å²) in [7, 11) is 0. The number of rotatable bonds is 4. The SMILES string of the molecule is CC(CC(=O)Nc1nc2ccccn2c1CC(C)(C)C)C(F)(F)F. The molecule has 1 atom stereocenters. The summed E-state index contributed by atoms with van der Waals surface area (Å²) in [5.74, 6) is -2.05. The molecule has 0 fully saturated rings. The zero-order valence-corrected chi connectivity index (χ0v) is 14.2. The Kier molecular flexibility index (Phi) is 4.92. The van der Waals surface area contributed by atoms with E-state index in [1.807, 2.05) is 43.5 Å². The van der Waals surface area contributed by atoms with Gasteiger partial charge in [0.15, 0.2) is 5.82 Å². The fourth-order valence-corrected chi connectivity index (χ4v) is 2.39. The number of nitrogens with one attached hydrogen (secondary N) is 1. The molecule has 0 aliphatic carbocycles. The lowest BCUT2D eigenvalue weighted by Crippen LogP contribution is -2.26. The first-order valence-corrected chi connectivity index (χ1v) is 7.80. The van der Waals surface area contributed by atoms with E-state index in [-0.39, 0.29) is 5.41 Å². The third-order valence-corrected chi connectivity index (χ3v) is 3.63. The van der Waals surface area contributed by atoms with E-state index in [4.69, 9.17) is 0 Å². The topological polar surface area (TPSA) is 46.4 Å². The molecule has 2 rings (SSSR count). The van der Waals surface area contributed by atoms with Crippen LogP contribution in [0, 0.1) is 11.3 Å². The lowest BCUT2D eigenvalue weighted by atomic mass is 9.90. The van der Waals surface area contributed by atoms with E-state index in [1.54, 1.807) is 6.07 Å². The normalized spacial score (nSPS) is 14.0. The summed E-state index contributed by atoms with van der Waals surface area (Å²) in [6, 6.07) is 5.46. The van der Waals surface area contributed by atoms with Gasteiger partial charge in [0.1, 0.15) is 5.65 Å². The quantitative estimate of drug-likeness (QED) is 0.893. The fourth-order valence-electron chi connectivity index (χ4n) is 2.39. The monoisotopic (exact) mass is 341 g/mol. The maximum Gasteiger partial charge on any atom is 0.392 e. The van der Waals surface area contributed by atoms with Gasteiger partial charge < -0.3 is 9.72 Å². The van der Waals surface area contributed by atoms with E-state index in [0.717, 1.165) is 12.6 Å². The molecule has 4 nitrogen and oxygen atoms in total. The summed E-state index contributed by atoms with van der Waals surface area (Å²) in [4.78, 5) is 16.4. The third kappa shape index (κ3) is 4.49. The second kappa shape index (κ2) is 6.45. The van der Waals surface area contributed by atoms with Crippen LogP contribution in [0.5, 0.6) is 0 Å². The lowest BCUT2D eigenvalue weighted by molar-refractivity contribution is -0.173. The van der Waals surface area contributed by atoms with Gasteiger partial charge >= 0.3 is 6.18 Å². The molecular formula is C17H22F3N3O. The summed E-state index contributed by atoms with van der Waals surface area (Å²) >= 11 is 0. The molecule has 2 aromatic rings. The smallest absolute Gasteiger partial charge is 0.309 e. The second-order valence-electron chi connectivity index (χ2n) is 7.27. The molecule has 0 spiro atoms. The van der Waals surface area contributed by atoms with E-state index in [9.17, 15) is 18.0 Å². The van der Waals surface area contributed by atoms with Crippen LogP contribution in [0.1, 0.15) is 39.8 Å². The van der Waals surface area contributed by atoms with Crippen molar-refractivity contribution in [3.8, 4) is 0 Å². The zero-order chi connectivity index (χ0) is 18.1. The maximum absolute atomic E-state index is 12.6. The molecule has 0 saturated heterocycles. The molecule has 2 heterocycles. The number of halogens is 3. The van der Waals surface area contributed by atoms with Gasteiger partial charge in [-0.25, -0.2) is 4.98 Å². The average molecular weight is 341 g/mol. The van der Waals surface area contributed by atoms with Crippen molar-refractivity contribution in [2.24, 2.45) is 11.3 Å². The van der Waals surface area contributed by atoms with Gasteiger partial charge in [0.25, 0.3) is 0 Å². The first-order valence-electron chi connectivity index (χ1n) is 7.80. The van der Waals surface area contributed by atoms with E-state index in [2.05, 4.69) is 10.3 Å². The minimum atomic E-state index is -4.38. The number of imidazole rings is 1. The van der Waals surface area contributed by atoms with Gasteiger partial charge in [-0.05, 0) is 24.0 Å². The Hall–Kier alpha value is -2.05. The van der Waals surface area contributed by atoms with Crippen molar-refractivity contribution < 1.29 is 18.0 Å². The molecular weight excluding hydrogens is 319 g/mol. The summed E-state index contributed by atoms with van der Waals surface area (Å²) in [6.45, 7) is 7.14. The average Bonchev–Trinajstić information content (AvgIpc) is 2.74. The van der Waals surface area contributed by atoms with Crippen LogP contribution >= 0.6 is 0 Å². The summed E-state index contributed by atoms with van der Waals surface area (Å²) in [6.07, 6.45) is -2.54. The molecule has 0 aliphatic heterocycles. The predicted octanol–water partition coefficient (Wildman–Crippen LogP) is 4.45. The molecule has 2 aromatic heterocycles. The Labute approximate surface area is 139 Å². The molecule has 0 saturated carbocycles. The first kappa shape index (κ1) is 18.3. The molecule has 0 bridgehead atoms. The van der Waals surface area contributed by atoms with Crippen molar-refractivity contribution >= 4 is 17.4 Å². The highest BCUT2D eigenvalue weighted by Crippen LogP contribution is 2.30. The Morgan fingerprint density at radius 1 is 1.29 bits per heavy atom. The van der Waals surface area contributed by atoms with E-state index < -0.39 is 24.4 Å². The van der Waals surface area contributed by atoms with Crippen LogP contribution in [-0.4, -0.2) is 21.5 Å². The van der Waals surface area contributed by atoms with Gasteiger partial charge in [-0.3, -0.25) is 4.79 Å². The van der Waals surface area contributed by atoms with Crippen LogP contribution in [0.2, 0.25) is 0 Å². The number of amides is 1. The number of anilines is 1. The number of carbonyl (C=O) groups is 1. The molecule has 0 aromatic carbocycles. The minimum absolute atomic E-state index is 0.0649. The molecule has 1 N–H and O–H groups in total. The van der Waals surface area contributed by atoms with Crippen LogP contribution in [-0.2, 0) is 11.2 Å². The lowest BCUT2D eigenvalue weighted by Gasteiger charge is -2.19. The van der Waals surface area contributed by atoms with Gasteiger partial charge in [0.05, 0.1) is 11.6 Å². The molecule has 7 heteroatoms. The molecule has 1 unspecified atom stereocenters. The Morgan fingerprint density at radius 2 is 1.96 bits per heavy atom. The van der Waals surface area contributed by atoms with Crippen LogP contribution in [0.25, 0.3) is 5.65 Å². The molecule has 132 valence electrons. The number of hydrogen-bond acceptors (Lipinski definition) is 2.